The van der Waals surface area contributed by atoms with E-state index in [1.54, 1.807) is 6.92 Å². The molecule has 0 fully saturated rings. The van der Waals surface area contributed by atoms with Crippen LogP contribution in [0.3, 0.4) is 0 Å². The number of carbonyl (C=O) groups excluding carboxylic acids is 1. The molecule has 0 heterocycles. The minimum absolute atomic E-state index is 0. The van der Waals surface area contributed by atoms with Crippen molar-refractivity contribution in [3.63, 3.8) is 0 Å². The monoisotopic (exact) mass is 140 g/mol. The zero-order valence-electron chi connectivity index (χ0n) is 6.01. The molecule has 48 valence electrons. The van der Waals surface area contributed by atoms with Crippen molar-refractivity contribution in [1.82, 2.24) is 0 Å². The Hall–Kier alpha value is 0.430. The van der Waals surface area contributed by atoms with Crippen molar-refractivity contribution in [2.45, 2.75) is 20.0 Å². The third-order valence-corrected chi connectivity index (χ3v) is 0.749. The van der Waals surface area contributed by atoms with Crippen molar-refractivity contribution in [3.8, 4) is 0 Å². The molecule has 0 aromatic heterocycles. The summed E-state index contributed by atoms with van der Waals surface area (Å²) in [5.74, 6) is -1.16. The summed E-state index contributed by atoms with van der Waals surface area (Å²) in [5, 5.41) is 9.85. The van der Waals surface area contributed by atoms with Crippen molar-refractivity contribution in [3.05, 3.63) is 0 Å². The van der Waals surface area contributed by atoms with E-state index in [0.29, 0.717) is 6.61 Å². The van der Waals surface area contributed by atoms with Gasteiger partial charge < -0.3 is 14.6 Å². The maximum Gasteiger partial charge on any atom is 1.00 e. The normalized spacial score (nSPS) is 11.8. The van der Waals surface area contributed by atoms with E-state index < -0.39 is 12.1 Å². The van der Waals surface area contributed by atoms with Crippen LogP contribution in [0.15, 0.2) is 0 Å². The number of ether oxygens (including phenoxy) is 1. The van der Waals surface area contributed by atoms with Crippen LogP contribution < -0.4 is 34.7 Å². The van der Waals surface area contributed by atoms with Gasteiger partial charge in [-0.1, -0.05) is 0 Å². The molecule has 0 aliphatic heterocycles. The fourth-order valence-electron chi connectivity index (χ4n) is 0.318. The number of carboxylic acids is 1. The average Bonchev–Trinajstić information content (AvgIpc) is 1.67. The zero-order valence-corrected chi connectivity index (χ0v) is 8.01. The number of carboxylic acid groups (broad SMARTS) is 1. The van der Waals surface area contributed by atoms with Crippen molar-refractivity contribution < 1.29 is 44.2 Å². The van der Waals surface area contributed by atoms with E-state index in [0.717, 1.165) is 0 Å². The predicted octanol–water partition coefficient (Wildman–Crippen LogP) is -3.83. The number of aliphatic carboxylic acids is 1. The van der Waals surface area contributed by atoms with Gasteiger partial charge in [-0.3, -0.25) is 0 Å². The molecule has 0 aliphatic rings. The molecule has 0 radical (unpaired) electrons. The molecular formula is C5H9NaO3. The molecule has 4 heteroatoms. The minimum Gasteiger partial charge on any atom is -0.547 e. The van der Waals surface area contributed by atoms with Crippen LogP contribution in [0, 0.1) is 0 Å². The number of carbonyl (C=O) groups is 1. The van der Waals surface area contributed by atoms with E-state index in [9.17, 15) is 9.90 Å². The molecule has 0 bridgehead atoms. The van der Waals surface area contributed by atoms with Crippen LogP contribution in [0.25, 0.3) is 0 Å². The summed E-state index contributed by atoms with van der Waals surface area (Å²) < 4.78 is 4.64. The molecule has 0 rings (SSSR count). The topological polar surface area (TPSA) is 49.4 Å². The standard InChI is InChI=1S/C5H10O3.Na/c1-3-8-4(2)5(6)7;/h4H,3H2,1-2H3,(H,6,7);/q;+1/p-1/t4-;/m0./s1. The average molecular weight is 140 g/mol. The van der Waals surface area contributed by atoms with Crippen LogP contribution in [-0.2, 0) is 9.53 Å². The molecule has 0 saturated heterocycles. The molecular weight excluding hydrogens is 131 g/mol. The van der Waals surface area contributed by atoms with Crippen LogP contribution in [0.2, 0.25) is 0 Å². The van der Waals surface area contributed by atoms with Crippen molar-refractivity contribution in [2.24, 2.45) is 0 Å². The fraction of sp³-hybridized carbons (Fsp3) is 0.800. The van der Waals surface area contributed by atoms with E-state index in [1.165, 1.54) is 6.92 Å². The van der Waals surface area contributed by atoms with Gasteiger partial charge in [-0.2, -0.15) is 0 Å². The Kier molecular flexibility index (Phi) is 8.83. The first-order valence-corrected chi connectivity index (χ1v) is 2.51. The SMILES string of the molecule is CCO[C@@H](C)C(=O)[O-].[Na+]. The second-order valence-corrected chi connectivity index (χ2v) is 1.42. The first kappa shape index (κ1) is 12.1. The van der Waals surface area contributed by atoms with Gasteiger partial charge in [-0.25, -0.2) is 0 Å². The van der Waals surface area contributed by atoms with Gasteiger partial charge in [0, 0.05) is 6.61 Å². The summed E-state index contributed by atoms with van der Waals surface area (Å²) in [5.41, 5.74) is 0. The van der Waals surface area contributed by atoms with Gasteiger partial charge in [-0.15, -0.1) is 0 Å². The second kappa shape index (κ2) is 6.55. The summed E-state index contributed by atoms with van der Waals surface area (Å²) in [6, 6.07) is 0. The first-order valence-electron chi connectivity index (χ1n) is 2.51. The molecule has 1 atom stereocenters. The summed E-state index contributed by atoms with van der Waals surface area (Å²) in [7, 11) is 0. The molecule has 0 aliphatic carbocycles. The molecule has 0 aromatic carbocycles. The van der Waals surface area contributed by atoms with Crippen LogP contribution in [-0.4, -0.2) is 18.7 Å². The Morgan fingerprint density at radius 3 is 2.33 bits per heavy atom. The van der Waals surface area contributed by atoms with Gasteiger partial charge in [0.05, 0.1) is 12.1 Å². The summed E-state index contributed by atoms with van der Waals surface area (Å²) in [4.78, 5) is 9.85. The van der Waals surface area contributed by atoms with E-state index in [4.69, 9.17) is 0 Å². The summed E-state index contributed by atoms with van der Waals surface area (Å²) in [6.45, 7) is 3.59. The van der Waals surface area contributed by atoms with Crippen LogP contribution in [0.1, 0.15) is 13.8 Å². The van der Waals surface area contributed by atoms with Gasteiger partial charge in [0.1, 0.15) is 0 Å². The number of rotatable bonds is 3. The number of hydrogen-bond donors (Lipinski definition) is 0. The maximum absolute atomic E-state index is 9.85. The molecule has 0 unspecified atom stereocenters. The quantitative estimate of drug-likeness (QED) is 0.377. The largest absolute Gasteiger partial charge is 1.00 e. The predicted molar refractivity (Wildman–Crippen MR) is 26.1 cm³/mol. The van der Waals surface area contributed by atoms with Crippen molar-refractivity contribution >= 4 is 5.97 Å². The van der Waals surface area contributed by atoms with Gasteiger partial charge in [0.15, 0.2) is 0 Å². The third-order valence-electron chi connectivity index (χ3n) is 0.749. The Labute approximate surface area is 76.7 Å². The number of hydrogen-bond acceptors (Lipinski definition) is 3. The van der Waals surface area contributed by atoms with E-state index in [2.05, 4.69) is 4.74 Å². The Balaban J connectivity index is 0. The van der Waals surface area contributed by atoms with Gasteiger partial charge in [0.2, 0.25) is 0 Å². The van der Waals surface area contributed by atoms with E-state index >= 15 is 0 Å². The van der Waals surface area contributed by atoms with Crippen LogP contribution in [0.4, 0.5) is 0 Å². The Morgan fingerprint density at radius 1 is 1.78 bits per heavy atom. The maximum atomic E-state index is 9.85. The molecule has 0 saturated carbocycles. The van der Waals surface area contributed by atoms with E-state index in [-0.39, 0.29) is 29.6 Å². The molecule has 9 heavy (non-hydrogen) atoms. The molecule has 0 N–H and O–H groups in total. The third kappa shape index (κ3) is 6.31. The van der Waals surface area contributed by atoms with Crippen LogP contribution in [0.5, 0.6) is 0 Å². The van der Waals surface area contributed by atoms with Gasteiger partial charge in [0.25, 0.3) is 0 Å². The fourth-order valence-corrected chi connectivity index (χ4v) is 0.318. The molecule has 3 nitrogen and oxygen atoms in total. The second-order valence-electron chi connectivity index (χ2n) is 1.42. The van der Waals surface area contributed by atoms with Gasteiger partial charge >= 0.3 is 29.6 Å². The molecule has 0 aromatic rings. The smallest absolute Gasteiger partial charge is 0.547 e. The zero-order chi connectivity index (χ0) is 6.57. The molecule has 0 amide bonds. The van der Waals surface area contributed by atoms with Crippen LogP contribution >= 0.6 is 0 Å². The van der Waals surface area contributed by atoms with Crippen molar-refractivity contribution in [2.75, 3.05) is 6.61 Å². The van der Waals surface area contributed by atoms with E-state index in [1.807, 2.05) is 0 Å². The summed E-state index contributed by atoms with van der Waals surface area (Å²) in [6.07, 6.45) is -0.778. The van der Waals surface area contributed by atoms with Gasteiger partial charge in [-0.05, 0) is 13.8 Å². The minimum atomic E-state index is -1.16. The Bertz CT molecular complexity index is 84.3. The summed E-state index contributed by atoms with van der Waals surface area (Å²) >= 11 is 0. The Morgan fingerprint density at radius 2 is 2.22 bits per heavy atom. The molecule has 0 spiro atoms. The first-order chi connectivity index (χ1) is 3.68. The van der Waals surface area contributed by atoms with Crippen molar-refractivity contribution in [1.29, 1.82) is 0 Å².